The minimum absolute atomic E-state index is 0.0216. The predicted molar refractivity (Wildman–Crippen MR) is 111 cm³/mol. The van der Waals surface area contributed by atoms with Crippen LogP contribution < -0.4 is 10.5 Å². The van der Waals surface area contributed by atoms with Gasteiger partial charge in [-0.25, -0.2) is 9.97 Å². The number of halogens is 2. The Kier molecular flexibility index (Phi) is 6.67. The number of nitrogens with two attached hydrogens (primary N) is 1. The van der Waals surface area contributed by atoms with Gasteiger partial charge in [0.05, 0.1) is 11.9 Å². The number of benzene rings is 2. The summed E-state index contributed by atoms with van der Waals surface area (Å²) < 4.78 is 5.77. The molecule has 0 bridgehead atoms. The highest BCUT2D eigenvalue weighted by Crippen LogP contribution is 2.31. The molecule has 0 radical (unpaired) electrons. The molecule has 4 nitrogen and oxygen atoms in total. The lowest BCUT2D eigenvalue weighted by Crippen LogP contribution is -2.27. The van der Waals surface area contributed by atoms with Crippen molar-refractivity contribution in [1.29, 1.82) is 0 Å². The van der Waals surface area contributed by atoms with E-state index in [4.69, 9.17) is 33.7 Å². The summed E-state index contributed by atoms with van der Waals surface area (Å²) in [6, 6.07) is 15.0. The molecule has 2 N–H and O–H groups in total. The summed E-state index contributed by atoms with van der Waals surface area (Å²) in [4.78, 5) is 9.28. The predicted octanol–water partition coefficient (Wildman–Crippen LogP) is 5.62. The zero-order valence-electron chi connectivity index (χ0n) is 15.0. The van der Waals surface area contributed by atoms with Gasteiger partial charge in [-0.3, -0.25) is 0 Å². The largest absolute Gasteiger partial charge is 0.475 e. The molecule has 3 rings (SSSR count). The molecule has 6 heteroatoms. The minimum Gasteiger partial charge on any atom is -0.475 e. The first-order valence-corrected chi connectivity index (χ1v) is 9.59. The third-order valence-electron chi connectivity index (χ3n) is 4.09. The van der Waals surface area contributed by atoms with Crippen LogP contribution in [0.25, 0.3) is 22.5 Å². The van der Waals surface area contributed by atoms with Crippen molar-refractivity contribution in [2.75, 3.05) is 6.61 Å². The van der Waals surface area contributed by atoms with Gasteiger partial charge in [0, 0.05) is 27.2 Å². The highest BCUT2D eigenvalue weighted by molar-refractivity contribution is 6.31. The van der Waals surface area contributed by atoms with Crippen molar-refractivity contribution in [1.82, 2.24) is 9.97 Å². The molecular weight excluding hydrogens is 381 g/mol. The molecule has 1 aromatic heterocycles. The van der Waals surface area contributed by atoms with E-state index < -0.39 is 0 Å². The lowest BCUT2D eigenvalue weighted by atomic mass is 10.0. The zero-order valence-corrected chi connectivity index (χ0v) is 16.5. The molecule has 0 unspecified atom stereocenters. The summed E-state index contributed by atoms with van der Waals surface area (Å²) >= 11 is 12.0. The summed E-state index contributed by atoms with van der Waals surface area (Å²) in [5.41, 5.74) is 9.33. The number of ether oxygens (including phenoxy) is 1. The molecule has 0 fully saturated rings. The Balaban J connectivity index is 1.97. The lowest BCUT2D eigenvalue weighted by molar-refractivity contribution is 0.271. The molecule has 0 saturated carbocycles. The summed E-state index contributed by atoms with van der Waals surface area (Å²) in [6.07, 6.45) is 3.55. The van der Waals surface area contributed by atoms with Gasteiger partial charge >= 0.3 is 0 Å². The Morgan fingerprint density at radius 2 is 1.48 bits per heavy atom. The first-order chi connectivity index (χ1) is 13.1. The van der Waals surface area contributed by atoms with E-state index in [9.17, 15) is 0 Å². The van der Waals surface area contributed by atoms with Crippen LogP contribution in [-0.2, 0) is 0 Å². The van der Waals surface area contributed by atoms with Gasteiger partial charge in [-0.05, 0) is 30.7 Å². The Labute approximate surface area is 169 Å². The van der Waals surface area contributed by atoms with Gasteiger partial charge in [0.1, 0.15) is 12.3 Å². The molecule has 0 amide bonds. The van der Waals surface area contributed by atoms with Crippen molar-refractivity contribution in [3.05, 3.63) is 64.8 Å². The van der Waals surface area contributed by atoms with Gasteiger partial charge in [-0.1, -0.05) is 60.8 Å². The fourth-order valence-electron chi connectivity index (χ4n) is 2.72. The smallest absolute Gasteiger partial charge is 0.232 e. The van der Waals surface area contributed by atoms with Crippen LogP contribution in [0.4, 0.5) is 0 Å². The van der Waals surface area contributed by atoms with Crippen LogP contribution >= 0.6 is 23.2 Å². The lowest BCUT2D eigenvalue weighted by Gasteiger charge is -2.14. The Morgan fingerprint density at radius 1 is 0.926 bits per heavy atom. The van der Waals surface area contributed by atoms with Gasteiger partial charge < -0.3 is 10.5 Å². The van der Waals surface area contributed by atoms with E-state index in [0.717, 1.165) is 35.4 Å². The molecule has 0 saturated heterocycles. The van der Waals surface area contributed by atoms with E-state index in [1.165, 1.54) is 0 Å². The number of aromatic nitrogens is 2. The van der Waals surface area contributed by atoms with Crippen LogP contribution in [0.15, 0.2) is 54.7 Å². The number of hydrogen-bond donors (Lipinski definition) is 1. The standard InChI is InChI=1S/C21H21Cl2N3O/c1-2-3-18(24)13-27-19-12-25-20(14-4-8-16(22)9-5-14)21(26-19)15-6-10-17(23)11-7-15/h4-12,18H,2-3,13,24H2,1H3/t18-/m1/s1. The van der Waals surface area contributed by atoms with Crippen molar-refractivity contribution in [2.24, 2.45) is 5.73 Å². The van der Waals surface area contributed by atoms with Gasteiger partial charge in [0.2, 0.25) is 5.88 Å². The molecule has 140 valence electrons. The van der Waals surface area contributed by atoms with Crippen molar-refractivity contribution >= 4 is 23.2 Å². The summed E-state index contributed by atoms with van der Waals surface area (Å²) in [6.45, 7) is 2.50. The Bertz CT molecular complexity index is 883. The Morgan fingerprint density at radius 3 is 2.04 bits per heavy atom. The van der Waals surface area contributed by atoms with Gasteiger partial charge in [-0.2, -0.15) is 0 Å². The number of rotatable bonds is 7. The van der Waals surface area contributed by atoms with Crippen molar-refractivity contribution in [3.8, 4) is 28.4 Å². The van der Waals surface area contributed by atoms with E-state index >= 15 is 0 Å². The van der Waals surface area contributed by atoms with E-state index in [-0.39, 0.29) is 6.04 Å². The number of hydrogen-bond acceptors (Lipinski definition) is 4. The molecule has 1 atom stereocenters. The first-order valence-electron chi connectivity index (χ1n) is 8.84. The van der Waals surface area contributed by atoms with E-state index in [1.54, 1.807) is 6.20 Å². The van der Waals surface area contributed by atoms with Crippen molar-refractivity contribution in [2.45, 2.75) is 25.8 Å². The van der Waals surface area contributed by atoms with Crippen LogP contribution in [0.1, 0.15) is 19.8 Å². The normalized spacial score (nSPS) is 12.0. The average Bonchev–Trinajstić information content (AvgIpc) is 2.68. The van der Waals surface area contributed by atoms with Gasteiger partial charge in [0.25, 0.3) is 0 Å². The maximum absolute atomic E-state index is 6.03. The Hall–Kier alpha value is -2.14. The second-order valence-electron chi connectivity index (χ2n) is 6.28. The van der Waals surface area contributed by atoms with E-state index in [0.29, 0.717) is 22.5 Å². The molecule has 3 aromatic rings. The van der Waals surface area contributed by atoms with Crippen LogP contribution in [0.3, 0.4) is 0 Å². The molecule has 0 aliphatic carbocycles. The fourth-order valence-corrected chi connectivity index (χ4v) is 2.97. The number of nitrogens with zero attached hydrogens (tertiary/aromatic N) is 2. The SMILES string of the molecule is CCC[C@@H](N)COc1cnc(-c2ccc(Cl)cc2)c(-c2ccc(Cl)cc2)n1. The fraction of sp³-hybridized carbons (Fsp3) is 0.238. The van der Waals surface area contributed by atoms with Crippen LogP contribution in [0, 0.1) is 0 Å². The quantitative estimate of drug-likeness (QED) is 0.557. The van der Waals surface area contributed by atoms with Crippen LogP contribution in [0.2, 0.25) is 10.0 Å². The highest BCUT2D eigenvalue weighted by atomic mass is 35.5. The van der Waals surface area contributed by atoms with Crippen LogP contribution in [0.5, 0.6) is 5.88 Å². The summed E-state index contributed by atoms with van der Waals surface area (Å²) in [5, 5.41) is 1.34. The van der Waals surface area contributed by atoms with Crippen LogP contribution in [-0.4, -0.2) is 22.6 Å². The third-order valence-corrected chi connectivity index (χ3v) is 4.59. The van der Waals surface area contributed by atoms with Crippen molar-refractivity contribution < 1.29 is 4.74 Å². The van der Waals surface area contributed by atoms with Gasteiger partial charge in [-0.15, -0.1) is 0 Å². The second kappa shape index (κ2) is 9.18. The topological polar surface area (TPSA) is 61.0 Å². The molecule has 0 aliphatic rings. The van der Waals surface area contributed by atoms with E-state index in [1.807, 2.05) is 48.5 Å². The molecule has 0 aliphatic heterocycles. The molecule has 27 heavy (non-hydrogen) atoms. The minimum atomic E-state index is -0.0216. The molecule has 1 heterocycles. The monoisotopic (exact) mass is 401 g/mol. The summed E-state index contributed by atoms with van der Waals surface area (Å²) in [5.74, 6) is 0.448. The van der Waals surface area contributed by atoms with Crippen molar-refractivity contribution in [3.63, 3.8) is 0 Å². The molecular formula is C21H21Cl2N3O. The van der Waals surface area contributed by atoms with Gasteiger partial charge in [0.15, 0.2) is 0 Å². The second-order valence-corrected chi connectivity index (χ2v) is 7.15. The maximum atomic E-state index is 6.03. The molecule has 0 spiro atoms. The zero-order chi connectivity index (χ0) is 19.2. The first kappa shape index (κ1) is 19.6. The maximum Gasteiger partial charge on any atom is 0.232 e. The molecule has 2 aromatic carbocycles. The average molecular weight is 402 g/mol. The summed E-state index contributed by atoms with van der Waals surface area (Å²) in [7, 11) is 0. The highest BCUT2D eigenvalue weighted by Gasteiger charge is 2.14. The van der Waals surface area contributed by atoms with E-state index in [2.05, 4.69) is 16.9 Å². The third kappa shape index (κ3) is 5.19.